The summed E-state index contributed by atoms with van der Waals surface area (Å²) >= 11 is 0. The van der Waals surface area contributed by atoms with Crippen LogP contribution in [-0.4, -0.2) is 19.6 Å². The van der Waals surface area contributed by atoms with E-state index >= 15 is 0 Å². The Morgan fingerprint density at radius 1 is 0.889 bits per heavy atom. The molecule has 4 fully saturated rings. The van der Waals surface area contributed by atoms with Gasteiger partial charge in [-0.1, -0.05) is 6.42 Å². The molecular formula is C16H30N2. The average Bonchev–Trinajstić information content (AvgIpc) is 2.32. The Bertz CT molecular complexity index is 239. The first-order valence-electron chi connectivity index (χ1n) is 8.20. The summed E-state index contributed by atoms with van der Waals surface area (Å²) in [5, 5.41) is 3.76. The van der Waals surface area contributed by atoms with Crippen LogP contribution < -0.4 is 11.1 Å². The number of nitrogens with one attached hydrogen (secondary N) is 1. The Morgan fingerprint density at radius 2 is 1.50 bits per heavy atom. The molecule has 0 unspecified atom stereocenters. The van der Waals surface area contributed by atoms with E-state index in [9.17, 15) is 0 Å². The third-order valence-corrected chi connectivity index (χ3v) is 5.72. The Morgan fingerprint density at radius 3 is 2.06 bits per heavy atom. The van der Waals surface area contributed by atoms with Gasteiger partial charge in [0.25, 0.3) is 0 Å². The second-order valence-electron chi connectivity index (χ2n) is 7.44. The van der Waals surface area contributed by atoms with Gasteiger partial charge in [-0.25, -0.2) is 0 Å². The molecule has 0 amide bonds. The standard InChI is InChI=1S/C16H30N2/c17-4-2-1-3-5-18-12-16-9-13-6-14(10-16)8-15(7-13)11-16/h13-15,18H,1-12,17H2. The van der Waals surface area contributed by atoms with Crippen LogP contribution in [0.1, 0.15) is 57.8 Å². The van der Waals surface area contributed by atoms with E-state index < -0.39 is 0 Å². The predicted octanol–water partition coefficient (Wildman–Crippen LogP) is 2.92. The van der Waals surface area contributed by atoms with Crippen molar-refractivity contribution in [3.8, 4) is 0 Å². The van der Waals surface area contributed by atoms with Crippen molar-refractivity contribution in [3.63, 3.8) is 0 Å². The van der Waals surface area contributed by atoms with E-state index in [0.29, 0.717) is 5.41 Å². The Kier molecular flexibility index (Phi) is 3.95. The maximum atomic E-state index is 5.53. The molecule has 3 N–H and O–H groups in total. The molecule has 4 saturated carbocycles. The molecule has 2 heteroatoms. The van der Waals surface area contributed by atoms with Crippen molar-refractivity contribution in [2.45, 2.75) is 57.8 Å². The van der Waals surface area contributed by atoms with Crippen molar-refractivity contribution >= 4 is 0 Å². The fourth-order valence-electron chi connectivity index (χ4n) is 5.43. The van der Waals surface area contributed by atoms with Crippen LogP contribution in [0.3, 0.4) is 0 Å². The lowest BCUT2D eigenvalue weighted by molar-refractivity contribution is -0.0512. The molecule has 2 nitrogen and oxygen atoms in total. The molecule has 0 heterocycles. The molecule has 0 spiro atoms. The van der Waals surface area contributed by atoms with Crippen molar-refractivity contribution in [1.82, 2.24) is 5.32 Å². The summed E-state index contributed by atoms with van der Waals surface area (Å²) in [5.74, 6) is 3.28. The molecule has 0 aromatic carbocycles. The summed E-state index contributed by atoms with van der Waals surface area (Å²) in [6, 6.07) is 0. The zero-order valence-corrected chi connectivity index (χ0v) is 11.8. The van der Waals surface area contributed by atoms with E-state index in [-0.39, 0.29) is 0 Å². The zero-order valence-electron chi connectivity index (χ0n) is 11.8. The monoisotopic (exact) mass is 250 g/mol. The first-order chi connectivity index (χ1) is 8.80. The number of hydrogen-bond acceptors (Lipinski definition) is 2. The van der Waals surface area contributed by atoms with Gasteiger partial charge in [-0.15, -0.1) is 0 Å². The molecular weight excluding hydrogens is 220 g/mol. The Hall–Kier alpha value is -0.0800. The highest BCUT2D eigenvalue weighted by molar-refractivity contribution is 5.02. The smallest absolute Gasteiger partial charge is 0.000811 e. The number of rotatable bonds is 7. The highest BCUT2D eigenvalue weighted by Gasteiger charge is 2.50. The van der Waals surface area contributed by atoms with Crippen molar-refractivity contribution in [2.75, 3.05) is 19.6 Å². The molecule has 0 aromatic heterocycles. The summed E-state index contributed by atoms with van der Waals surface area (Å²) in [6.45, 7) is 3.37. The van der Waals surface area contributed by atoms with Crippen LogP contribution in [-0.2, 0) is 0 Å². The first-order valence-corrected chi connectivity index (χ1v) is 8.20. The SMILES string of the molecule is NCCCCCNCC12CC3CC(CC(C3)C1)C2. The molecule has 0 radical (unpaired) electrons. The molecule has 4 aliphatic rings. The van der Waals surface area contributed by atoms with Crippen LogP contribution in [0.2, 0.25) is 0 Å². The summed E-state index contributed by atoms with van der Waals surface area (Å²) in [4.78, 5) is 0. The molecule has 18 heavy (non-hydrogen) atoms. The second-order valence-corrected chi connectivity index (χ2v) is 7.44. The lowest BCUT2D eigenvalue weighted by Gasteiger charge is -2.57. The minimum atomic E-state index is 0.711. The van der Waals surface area contributed by atoms with Gasteiger partial charge >= 0.3 is 0 Å². The van der Waals surface area contributed by atoms with Crippen LogP contribution in [0.4, 0.5) is 0 Å². The largest absolute Gasteiger partial charge is 0.330 e. The van der Waals surface area contributed by atoms with Crippen molar-refractivity contribution in [3.05, 3.63) is 0 Å². The third kappa shape index (κ3) is 2.75. The van der Waals surface area contributed by atoms with Gasteiger partial charge in [0.15, 0.2) is 0 Å². The van der Waals surface area contributed by atoms with Gasteiger partial charge in [0.2, 0.25) is 0 Å². The van der Waals surface area contributed by atoms with Crippen molar-refractivity contribution in [2.24, 2.45) is 28.9 Å². The molecule has 0 saturated heterocycles. The summed E-state index contributed by atoms with van der Waals surface area (Å²) < 4.78 is 0. The van der Waals surface area contributed by atoms with E-state index in [1.54, 1.807) is 19.3 Å². The van der Waals surface area contributed by atoms with E-state index in [1.807, 2.05) is 0 Å². The van der Waals surface area contributed by atoms with Crippen LogP contribution in [0.5, 0.6) is 0 Å². The highest BCUT2D eigenvalue weighted by Crippen LogP contribution is 2.59. The topological polar surface area (TPSA) is 38.0 Å². The fraction of sp³-hybridized carbons (Fsp3) is 1.00. The van der Waals surface area contributed by atoms with Crippen LogP contribution in [0.25, 0.3) is 0 Å². The normalized spacial score (nSPS) is 41.5. The first kappa shape index (κ1) is 12.9. The number of hydrogen-bond donors (Lipinski definition) is 2. The molecule has 0 aliphatic heterocycles. The van der Waals surface area contributed by atoms with Gasteiger partial charge in [-0.05, 0) is 87.6 Å². The van der Waals surface area contributed by atoms with Gasteiger partial charge in [-0.2, -0.15) is 0 Å². The molecule has 104 valence electrons. The van der Waals surface area contributed by atoms with Gasteiger partial charge < -0.3 is 11.1 Å². The number of unbranched alkanes of at least 4 members (excludes halogenated alkanes) is 2. The third-order valence-electron chi connectivity index (χ3n) is 5.72. The van der Waals surface area contributed by atoms with Crippen LogP contribution in [0.15, 0.2) is 0 Å². The summed E-state index contributed by atoms with van der Waals surface area (Å²) in [5.41, 5.74) is 6.24. The highest BCUT2D eigenvalue weighted by atomic mass is 14.9. The average molecular weight is 250 g/mol. The van der Waals surface area contributed by atoms with E-state index in [4.69, 9.17) is 5.73 Å². The predicted molar refractivity (Wildman–Crippen MR) is 76.4 cm³/mol. The summed E-state index contributed by atoms with van der Waals surface area (Å²) in [6.07, 6.45) is 13.1. The zero-order chi connectivity index (χ0) is 12.4. The van der Waals surface area contributed by atoms with Gasteiger partial charge in [0.1, 0.15) is 0 Å². The van der Waals surface area contributed by atoms with Crippen molar-refractivity contribution < 1.29 is 0 Å². The summed E-state index contributed by atoms with van der Waals surface area (Å²) in [7, 11) is 0. The maximum Gasteiger partial charge on any atom is 0.000811 e. The Balaban J connectivity index is 1.42. The van der Waals surface area contributed by atoms with Crippen LogP contribution in [0, 0.1) is 23.2 Å². The van der Waals surface area contributed by atoms with Gasteiger partial charge in [0, 0.05) is 6.54 Å². The van der Waals surface area contributed by atoms with Crippen molar-refractivity contribution in [1.29, 1.82) is 0 Å². The second kappa shape index (κ2) is 5.50. The van der Waals surface area contributed by atoms with Crippen LogP contribution >= 0.6 is 0 Å². The minimum Gasteiger partial charge on any atom is -0.330 e. The molecule has 4 aliphatic carbocycles. The quantitative estimate of drug-likeness (QED) is 0.682. The minimum absolute atomic E-state index is 0.711. The van der Waals surface area contributed by atoms with E-state index in [1.165, 1.54) is 51.6 Å². The fourth-order valence-corrected chi connectivity index (χ4v) is 5.43. The van der Waals surface area contributed by atoms with E-state index in [0.717, 1.165) is 24.3 Å². The lowest BCUT2D eigenvalue weighted by atomic mass is 9.49. The molecule has 0 atom stereocenters. The van der Waals surface area contributed by atoms with E-state index in [2.05, 4.69) is 5.32 Å². The molecule has 4 bridgehead atoms. The maximum absolute atomic E-state index is 5.53. The Labute approximate surface area is 112 Å². The number of nitrogens with two attached hydrogens (primary N) is 1. The van der Waals surface area contributed by atoms with Gasteiger partial charge in [-0.3, -0.25) is 0 Å². The van der Waals surface area contributed by atoms with Gasteiger partial charge in [0.05, 0.1) is 0 Å². The lowest BCUT2D eigenvalue weighted by Crippen LogP contribution is -2.50. The molecule has 4 rings (SSSR count). The molecule has 0 aromatic rings.